The molecule has 1 saturated carbocycles. The van der Waals surface area contributed by atoms with Crippen molar-refractivity contribution < 1.29 is 0 Å². The fourth-order valence-electron chi connectivity index (χ4n) is 1.34. The van der Waals surface area contributed by atoms with Crippen molar-refractivity contribution in [2.24, 2.45) is 0 Å². The molecule has 1 aromatic rings. The van der Waals surface area contributed by atoms with E-state index in [1.54, 1.807) is 0 Å². The lowest BCUT2D eigenvalue weighted by Gasteiger charge is -2.07. The molecule has 0 nitrogen and oxygen atoms in total. The lowest BCUT2D eigenvalue weighted by molar-refractivity contribution is 0.786. The van der Waals surface area contributed by atoms with Gasteiger partial charge in [-0.05, 0) is 36.0 Å². The molecule has 11 heavy (non-hydrogen) atoms. The second kappa shape index (κ2) is 2.28. The topological polar surface area (TPSA) is 0 Å². The van der Waals surface area contributed by atoms with Crippen molar-refractivity contribution >= 4 is 12.6 Å². The van der Waals surface area contributed by atoms with Crippen molar-refractivity contribution in [1.29, 1.82) is 0 Å². The standard InChI is InChI=1S/C10H12S/c1-10(6-7-10)8-2-4-9(11)5-3-8/h2-5,11H,6-7H2,1H3. The molecule has 0 amide bonds. The summed E-state index contributed by atoms with van der Waals surface area (Å²) in [7, 11) is 0. The molecule has 2 rings (SSSR count). The summed E-state index contributed by atoms with van der Waals surface area (Å²) in [5.41, 5.74) is 1.97. The average Bonchev–Trinajstić information content (AvgIpc) is 2.70. The summed E-state index contributed by atoms with van der Waals surface area (Å²) >= 11 is 4.25. The molecule has 0 aliphatic heterocycles. The maximum absolute atomic E-state index is 4.25. The van der Waals surface area contributed by atoms with Crippen LogP contribution in [0.5, 0.6) is 0 Å². The second-order valence-electron chi connectivity index (χ2n) is 3.61. The van der Waals surface area contributed by atoms with E-state index in [0.29, 0.717) is 5.41 Å². The van der Waals surface area contributed by atoms with Gasteiger partial charge in [-0.2, -0.15) is 0 Å². The van der Waals surface area contributed by atoms with Crippen LogP contribution in [0, 0.1) is 0 Å². The van der Waals surface area contributed by atoms with E-state index in [1.807, 2.05) is 0 Å². The van der Waals surface area contributed by atoms with Gasteiger partial charge < -0.3 is 0 Å². The van der Waals surface area contributed by atoms with Gasteiger partial charge in [0.25, 0.3) is 0 Å². The number of hydrogen-bond acceptors (Lipinski definition) is 1. The summed E-state index contributed by atoms with van der Waals surface area (Å²) in [6.07, 6.45) is 2.69. The van der Waals surface area contributed by atoms with E-state index in [2.05, 4.69) is 43.8 Å². The predicted molar refractivity (Wildman–Crippen MR) is 50.3 cm³/mol. The highest BCUT2D eigenvalue weighted by atomic mass is 32.1. The Hall–Kier alpha value is -0.430. The molecule has 0 N–H and O–H groups in total. The molecule has 1 aromatic carbocycles. The fraction of sp³-hybridized carbons (Fsp3) is 0.400. The predicted octanol–water partition coefficient (Wildman–Crippen LogP) is 3.03. The summed E-state index contributed by atoms with van der Waals surface area (Å²) in [6.45, 7) is 2.32. The van der Waals surface area contributed by atoms with Crippen molar-refractivity contribution in [3.05, 3.63) is 29.8 Å². The number of benzene rings is 1. The maximum atomic E-state index is 4.25. The Labute approximate surface area is 73.0 Å². The molecule has 1 fully saturated rings. The van der Waals surface area contributed by atoms with Crippen LogP contribution in [-0.2, 0) is 5.41 Å². The fourth-order valence-corrected chi connectivity index (χ4v) is 1.49. The number of hydrogen-bond donors (Lipinski definition) is 1. The van der Waals surface area contributed by atoms with Crippen LogP contribution in [0.2, 0.25) is 0 Å². The van der Waals surface area contributed by atoms with E-state index in [4.69, 9.17) is 0 Å². The molecule has 0 saturated heterocycles. The second-order valence-corrected chi connectivity index (χ2v) is 4.12. The van der Waals surface area contributed by atoms with Gasteiger partial charge in [0, 0.05) is 4.90 Å². The van der Waals surface area contributed by atoms with E-state index in [0.717, 1.165) is 4.90 Å². The van der Waals surface area contributed by atoms with Gasteiger partial charge in [0.05, 0.1) is 0 Å². The van der Waals surface area contributed by atoms with Gasteiger partial charge in [-0.1, -0.05) is 19.1 Å². The van der Waals surface area contributed by atoms with Crippen molar-refractivity contribution in [3.8, 4) is 0 Å². The van der Waals surface area contributed by atoms with Crippen LogP contribution in [0.3, 0.4) is 0 Å². The zero-order valence-corrected chi connectivity index (χ0v) is 7.57. The summed E-state index contributed by atoms with van der Waals surface area (Å²) in [5.74, 6) is 0. The Balaban J connectivity index is 2.33. The molecular weight excluding hydrogens is 152 g/mol. The number of rotatable bonds is 1. The Kier molecular flexibility index (Phi) is 1.50. The molecule has 1 aliphatic carbocycles. The van der Waals surface area contributed by atoms with Crippen molar-refractivity contribution in [2.45, 2.75) is 30.1 Å². The number of thiol groups is 1. The molecular formula is C10H12S. The van der Waals surface area contributed by atoms with Gasteiger partial charge in [0.2, 0.25) is 0 Å². The highest BCUT2D eigenvalue weighted by Crippen LogP contribution is 2.47. The lowest BCUT2D eigenvalue weighted by atomic mass is 9.99. The van der Waals surface area contributed by atoms with Gasteiger partial charge in [-0.25, -0.2) is 0 Å². The first-order chi connectivity index (χ1) is 5.21. The van der Waals surface area contributed by atoms with Gasteiger partial charge >= 0.3 is 0 Å². The van der Waals surface area contributed by atoms with E-state index < -0.39 is 0 Å². The van der Waals surface area contributed by atoms with Gasteiger partial charge in [-0.3, -0.25) is 0 Å². The Morgan fingerprint density at radius 3 is 2.18 bits per heavy atom. The summed E-state index contributed by atoms with van der Waals surface area (Å²) in [6, 6.07) is 8.52. The maximum Gasteiger partial charge on any atom is 0.00401 e. The first-order valence-corrected chi connectivity index (χ1v) is 4.45. The third-order valence-corrected chi connectivity index (χ3v) is 2.86. The molecule has 0 unspecified atom stereocenters. The van der Waals surface area contributed by atoms with E-state index in [1.165, 1.54) is 18.4 Å². The normalized spacial score (nSPS) is 19.8. The third-order valence-electron chi connectivity index (χ3n) is 2.56. The van der Waals surface area contributed by atoms with E-state index in [9.17, 15) is 0 Å². The van der Waals surface area contributed by atoms with Crippen LogP contribution in [0.4, 0.5) is 0 Å². The molecule has 0 radical (unpaired) electrons. The summed E-state index contributed by atoms with van der Waals surface area (Å²) in [5, 5.41) is 0. The molecule has 0 spiro atoms. The first-order valence-electron chi connectivity index (χ1n) is 4.00. The van der Waals surface area contributed by atoms with Crippen LogP contribution in [0.15, 0.2) is 29.2 Å². The molecule has 0 heterocycles. The first kappa shape index (κ1) is 7.23. The molecule has 1 heteroatoms. The third kappa shape index (κ3) is 1.30. The molecule has 1 aliphatic rings. The smallest absolute Gasteiger partial charge is 0.00401 e. The summed E-state index contributed by atoms with van der Waals surface area (Å²) < 4.78 is 0. The zero-order valence-electron chi connectivity index (χ0n) is 6.67. The lowest BCUT2D eigenvalue weighted by Crippen LogP contribution is -1.97. The Morgan fingerprint density at radius 1 is 1.18 bits per heavy atom. The van der Waals surface area contributed by atoms with Gasteiger partial charge in [-0.15, -0.1) is 12.6 Å². The average molecular weight is 164 g/mol. The minimum Gasteiger partial charge on any atom is -0.143 e. The molecule has 58 valence electrons. The van der Waals surface area contributed by atoms with Gasteiger partial charge in [0.1, 0.15) is 0 Å². The van der Waals surface area contributed by atoms with Crippen LogP contribution in [0.25, 0.3) is 0 Å². The van der Waals surface area contributed by atoms with Gasteiger partial charge in [0.15, 0.2) is 0 Å². The van der Waals surface area contributed by atoms with Crippen LogP contribution in [-0.4, -0.2) is 0 Å². The molecule has 0 atom stereocenters. The van der Waals surface area contributed by atoms with E-state index in [-0.39, 0.29) is 0 Å². The van der Waals surface area contributed by atoms with Crippen LogP contribution in [0.1, 0.15) is 25.3 Å². The van der Waals surface area contributed by atoms with Crippen LogP contribution >= 0.6 is 12.6 Å². The zero-order chi connectivity index (χ0) is 7.90. The highest BCUT2D eigenvalue weighted by molar-refractivity contribution is 7.80. The quantitative estimate of drug-likeness (QED) is 0.606. The highest BCUT2D eigenvalue weighted by Gasteiger charge is 2.38. The SMILES string of the molecule is CC1(c2ccc(S)cc2)CC1. The monoisotopic (exact) mass is 164 g/mol. The van der Waals surface area contributed by atoms with Crippen molar-refractivity contribution in [2.75, 3.05) is 0 Å². The minimum absolute atomic E-state index is 0.501. The van der Waals surface area contributed by atoms with Crippen LogP contribution < -0.4 is 0 Å². The Bertz CT molecular complexity index is 257. The minimum atomic E-state index is 0.501. The summed E-state index contributed by atoms with van der Waals surface area (Å²) in [4.78, 5) is 1.05. The molecule has 0 bridgehead atoms. The van der Waals surface area contributed by atoms with E-state index >= 15 is 0 Å². The van der Waals surface area contributed by atoms with Crippen molar-refractivity contribution in [1.82, 2.24) is 0 Å². The Morgan fingerprint density at radius 2 is 1.73 bits per heavy atom. The largest absolute Gasteiger partial charge is 0.143 e. The van der Waals surface area contributed by atoms with Crippen molar-refractivity contribution in [3.63, 3.8) is 0 Å². The molecule has 0 aromatic heterocycles.